The standard InChI is InChI=1S/C16H22ClN3/c1-2-13-5-6-15-14(11-13)18-16(12-17)20(15)10-9-19-7-3-4-8-19/h5-6,11H,2-4,7-10,12H2,1H3. The number of hydrogen-bond donors (Lipinski definition) is 0. The van der Waals surface area contributed by atoms with Gasteiger partial charge >= 0.3 is 0 Å². The molecule has 0 spiro atoms. The van der Waals surface area contributed by atoms with Crippen molar-refractivity contribution in [2.24, 2.45) is 0 Å². The molecule has 108 valence electrons. The Morgan fingerprint density at radius 3 is 2.70 bits per heavy atom. The Morgan fingerprint density at radius 2 is 2.00 bits per heavy atom. The van der Waals surface area contributed by atoms with Crippen LogP contribution in [0.15, 0.2) is 18.2 Å². The van der Waals surface area contributed by atoms with Crippen LogP contribution in [0.5, 0.6) is 0 Å². The van der Waals surface area contributed by atoms with Crippen molar-refractivity contribution in [2.45, 2.75) is 38.6 Å². The third-order valence-corrected chi connectivity index (χ3v) is 4.50. The van der Waals surface area contributed by atoms with Crippen LogP contribution < -0.4 is 0 Å². The highest BCUT2D eigenvalue weighted by molar-refractivity contribution is 6.16. The molecule has 1 saturated heterocycles. The predicted octanol–water partition coefficient (Wildman–Crippen LogP) is 3.43. The Kier molecular flexibility index (Phi) is 4.27. The van der Waals surface area contributed by atoms with Gasteiger partial charge in [0.05, 0.1) is 16.9 Å². The minimum Gasteiger partial charge on any atom is -0.326 e. The molecule has 3 nitrogen and oxygen atoms in total. The van der Waals surface area contributed by atoms with Crippen molar-refractivity contribution < 1.29 is 0 Å². The van der Waals surface area contributed by atoms with Crippen LogP contribution in [-0.2, 0) is 18.8 Å². The molecule has 1 aromatic carbocycles. The summed E-state index contributed by atoms with van der Waals surface area (Å²) in [5.41, 5.74) is 3.64. The minimum absolute atomic E-state index is 0.482. The van der Waals surface area contributed by atoms with E-state index in [0.717, 1.165) is 30.9 Å². The maximum Gasteiger partial charge on any atom is 0.124 e. The van der Waals surface area contributed by atoms with E-state index in [0.29, 0.717) is 5.88 Å². The molecule has 20 heavy (non-hydrogen) atoms. The number of alkyl halides is 1. The van der Waals surface area contributed by atoms with Gasteiger partial charge in [0.2, 0.25) is 0 Å². The summed E-state index contributed by atoms with van der Waals surface area (Å²) < 4.78 is 2.29. The van der Waals surface area contributed by atoms with E-state index in [2.05, 4.69) is 34.6 Å². The summed E-state index contributed by atoms with van der Waals surface area (Å²) in [6.45, 7) is 6.74. The number of fused-ring (bicyclic) bond motifs is 1. The van der Waals surface area contributed by atoms with Gasteiger partial charge in [0.25, 0.3) is 0 Å². The van der Waals surface area contributed by atoms with E-state index in [9.17, 15) is 0 Å². The summed E-state index contributed by atoms with van der Waals surface area (Å²) in [5, 5.41) is 0. The largest absolute Gasteiger partial charge is 0.326 e. The van der Waals surface area contributed by atoms with Gasteiger partial charge in [-0.3, -0.25) is 0 Å². The number of nitrogens with zero attached hydrogens (tertiary/aromatic N) is 3. The van der Waals surface area contributed by atoms with Crippen LogP contribution in [0.3, 0.4) is 0 Å². The van der Waals surface area contributed by atoms with Crippen molar-refractivity contribution in [2.75, 3.05) is 19.6 Å². The molecule has 0 bridgehead atoms. The van der Waals surface area contributed by atoms with Gasteiger partial charge in [-0.15, -0.1) is 11.6 Å². The van der Waals surface area contributed by atoms with Crippen LogP contribution in [0, 0.1) is 0 Å². The molecular weight excluding hydrogens is 270 g/mol. The number of halogens is 1. The molecular formula is C16H22ClN3. The summed E-state index contributed by atoms with van der Waals surface area (Å²) in [5.74, 6) is 1.48. The van der Waals surface area contributed by atoms with Crippen LogP contribution in [0.2, 0.25) is 0 Å². The molecule has 0 unspecified atom stereocenters. The van der Waals surface area contributed by atoms with Crippen molar-refractivity contribution in [1.82, 2.24) is 14.5 Å². The Hall–Kier alpha value is -1.06. The average molecular weight is 292 g/mol. The van der Waals surface area contributed by atoms with E-state index < -0.39 is 0 Å². The maximum absolute atomic E-state index is 6.08. The number of likely N-dealkylation sites (tertiary alicyclic amines) is 1. The van der Waals surface area contributed by atoms with Crippen molar-refractivity contribution in [1.29, 1.82) is 0 Å². The van der Waals surface area contributed by atoms with Crippen molar-refractivity contribution in [3.63, 3.8) is 0 Å². The fourth-order valence-electron chi connectivity index (χ4n) is 3.04. The monoisotopic (exact) mass is 291 g/mol. The van der Waals surface area contributed by atoms with Crippen LogP contribution in [0.1, 0.15) is 31.2 Å². The van der Waals surface area contributed by atoms with E-state index in [1.54, 1.807) is 0 Å². The molecule has 2 aromatic rings. The lowest BCUT2D eigenvalue weighted by atomic mass is 10.1. The van der Waals surface area contributed by atoms with E-state index in [1.807, 2.05) is 0 Å². The molecule has 0 saturated carbocycles. The molecule has 1 aliphatic heterocycles. The lowest BCUT2D eigenvalue weighted by Crippen LogP contribution is -2.24. The highest BCUT2D eigenvalue weighted by atomic mass is 35.5. The number of aromatic nitrogens is 2. The SMILES string of the molecule is CCc1ccc2c(c1)nc(CCl)n2CCN1CCCC1. The van der Waals surface area contributed by atoms with E-state index >= 15 is 0 Å². The fourth-order valence-corrected chi connectivity index (χ4v) is 3.25. The summed E-state index contributed by atoms with van der Waals surface area (Å²) >= 11 is 6.08. The third kappa shape index (κ3) is 2.70. The first kappa shape index (κ1) is 13.9. The summed E-state index contributed by atoms with van der Waals surface area (Å²) in [6.07, 6.45) is 3.73. The highest BCUT2D eigenvalue weighted by Crippen LogP contribution is 2.20. The van der Waals surface area contributed by atoms with E-state index in [1.165, 1.54) is 37.0 Å². The lowest BCUT2D eigenvalue weighted by Gasteiger charge is -2.16. The van der Waals surface area contributed by atoms with E-state index in [4.69, 9.17) is 16.6 Å². The molecule has 1 aliphatic rings. The molecule has 1 fully saturated rings. The second kappa shape index (κ2) is 6.15. The first-order valence-electron chi connectivity index (χ1n) is 7.58. The Morgan fingerprint density at radius 1 is 1.20 bits per heavy atom. The minimum atomic E-state index is 0.482. The zero-order valence-corrected chi connectivity index (χ0v) is 12.9. The fraction of sp³-hybridized carbons (Fsp3) is 0.562. The van der Waals surface area contributed by atoms with Crippen molar-refractivity contribution in [3.8, 4) is 0 Å². The Labute approximate surface area is 125 Å². The second-order valence-electron chi connectivity index (χ2n) is 5.54. The lowest BCUT2D eigenvalue weighted by molar-refractivity contribution is 0.323. The topological polar surface area (TPSA) is 21.1 Å². The van der Waals surface area contributed by atoms with Crippen LogP contribution in [0.4, 0.5) is 0 Å². The van der Waals surface area contributed by atoms with Gasteiger partial charge in [0.15, 0.2) is 0 Å². The van der Waals surface area contributed by atoms with Crippen LogP contribution >= 0.6 is 11.6 Å². The number of aryl methyl sites for hydroxylation is 1. The molecule has 0 radical (unpaired) electrons. The molecule has 1 aromatic heterocycles. The van der Waals surface area contributed by atoms with E-state index in [-0.39, 0.29) is 0 Å². The number of imidazole rings is 1. The predicted molar refractivity (Wildman–Crippen MR) is 84.3 cm³/mol. The third-order valence-electron chi connectivity index (χ3n) is 4.26. The molecule has 0 amide bonds. The first-order valence-corrected chi connectivity index (χ1v) is 8.11. The molecule has 4 heteroatoms. The average Bonchev–Trinajstić information content (AvgIpc) is 3.11. The second-order valence-corrected chi connectivity index (χ2v) is 5.81. The van der Waals surface area contributed by atoms with Gasteiger partial charge in [0.1, 0.15) is 5.82 Å². The molecule has 0 aliphatic carbocycles. The first-order chi connectivity index (χ1) is 9.81. The quantitative estimate of drug-likeness (QED) is 0.787. The van der Waals surface area contributed by atoms with Gasteiger partial charge in [-0.1, -0.05) is 13.0 Å². The van der Waals surface area contributed by atoms with Crippen molar-refractivity contribution >= 4 is 22.6 Å². The Balaban J connectivity index is 1.87. The summed E-state index contributed by atoms with van der Waals surface area (Å²) in [4.78, 5) is 7.23. The molecule has 0 N–H and O–H groups in total. The smallest absolute Gasteiger partial charge is 0.124 e. The highest BCUT2D eigenvalue weighted by Gasteiger charge is 2.14. The van der Waals surface area contributed by atoms with Crippen LogP contribution in [0.25, 0.3) is 11.0 Å². The molecule has 3 rings (SSSR count). The number of benzene rings is 1. The maximum atomic E-state index is 6.08. The zero-order valence-electron chi connectivity index (χ0n) is 12.1. The van der Waals surface area contributed by atoms with Gasteiger partial charge in [0, 0.05) is 13.1 Å². The normalized spacial score (nSPS) is 16.3. The number of hydrogen-bond acceptors (Lipinski definition) is 2. The van der Waals surface area contributed by atoms with Gasteiger partial charge in [-0.2, -0.15) is 0 Å². The molecule has 2 heterocycles. The Bertz CT molecular complexity index is 585. The molecule has 0 atom stereocenters. The summed E-state index contributed by atoms with van der Waals surface area (Å²) in [7, 11) is 0. The summed E-state index contributed by atoms with van der Waals surface area (Å²) in [6, 6.07) is 6.59. The van der Waals surface area contributed by atoms with Gasteiger partial charge < -0.3 is 9.47 Å². The van der Waals surface area contributed by atoms with Crippen LogP contribution in [-0.4, -0.2) is 34.1 Å². The van der Waals surface area contributed by atoms with Crippen molar-refractivity contribution in [3.05, 3.63) is 29.6 Å². The number of rotatable bonds is 5. The zero-order chi connectivity index (χ0) is 13.9. The van der Waals surface area contributed by atoms with Gasteiger partial charge in [-0.25, -0.2) is 4.98 Å². The van der Waals surface area contributed by atoms with Gasteiger partial charge in [-0.05, 0) is 50.0 Å².